The van der Waals surface area contributed by atoms with E-state index in [1.165, 1.54) is 6.42 Å². The largest absolute Gasteiger partial charge is 0.486 e. The minimum Gasteiger partial charge on any atom is -0.486 e. The minimum absolute atomic E-state index is 0. The summed E-state index contributed by atoms with van der Waals surface area (Å²) in [5.41, 5.74) is 3.03. The van der Waals surface area contributed by atoms with Crippen LogP contribution in [0.25, 0.3) is 11.1 Å². The molecular weight excluding hydrogens is 378 g/mol. The molecule has 2 aromatic rings. The summed E-state index contributed by atoms with van der Waals surface area (Å²) in [6, 6.07) is 5.87. The molecule has 0 aliphatic carbocycles. The van der Waals surface area contributed by atoms with Crippen molar-refractivity contribution in [2.45, 2.75) is 19.3 Å². The van der Waals surface area contributed by atoms with Gasteiger partial charge in [0.1, 0.15) is 13.2 Å². The fourth-order valence-electron chi connectivity index (χ4n) is 4.57. The van der Waals surface area contributed by atoms with Gasteiger partial charge in [-0.2, -0.15) is 0 Å². The van der Waals surface area contributed by atoms with Crippen molar-refractivity contribution in [1.82, 2.24) is 15.2 Å². The van der Waals surface area contributed by atoms with Gasteiger partial charge >= 0.3 is 0 Å². The number of aromatic amines is 1. The Kier molecular flexibility index (Phi) is 5.25. The number of hydrogen-bond donors (Lipinski definition) is 2. The maximum atomic E-state index is 13.2. The molecule has 1 aromatic carbocycles. The molecule has 6 nitrogen and oxygen atoms in total. The number of fused-ring (bicyclic) bond motifs is 1. The third-order valence-electron chi connectivity index (χ3n) is 6.27. The number of carbonyl (C=O) groups excluding carboxylic acids is 1. The summed E-state index contributed by atoms with van der Waals surface area (Å²) < 4.78 is 11.3. The predicted molar refractivity (Wildman–Crippen MR) is 110 cm³/mol. The lowest BCUT2D eigenvalue weighted by Crippen LogP contribution is -2.44. The molecule has 7 heteroatoms. The Labute approximate surface area is 171 Å². The fourth-order valence-corrected chi connectivity index (χ4v) is 4.57. The van der Waals surface area contributed by atoms with Gasteiger partial charge < -0.3 is 24.7 Å². The van der Waals surface area contributed by atoms with Crippen LogP contribution in [0.15, 0.2) is 30.6 Å². The summed E-state index contributed by atoms with van der Waals surface area (Å²) in [7, 11) is 0. The number of benzene rings is 1. The van der Waals surface area contributed by atoms with E-state index in [1.54, 1.807) is 0 Å². The molecule has 2 saturated heterocycles. The number of H-pyrrole nitrogens is 1. The molecule has 3 aliphatic heterocycles. The van der Waals surface area contributed by atoms with Crippen molar-refractivity contribution < 1.29 is 14.3 Å². The maximum absolute atomic E-state index is 13.2. The van der Waals surface area contributed by atoms with Gasteiger partial charge in [0.05, 0.1) is 5.56 Å². The zero-order valence-corrected chi connectivity index (χ0v) is 16.6. The van der Waals surface area contributed by atoms with Crippen LogP contribution in [0.1, 0.15) is 29.6 Å². The Morgan fingerprint density at radius 3 is 2.57 bits per heavy atom. The third kappa shape index (κ3) is 3.35. The molecule has 2 fully saturated rings. The molecule has 28 heavy (non-hydrogen) atoms. The summed E-state index contributed by atoms with van der Waals surface area (Å²) in [5.74, 6) is 1.62. The van der Waals surface area contributed by atoms with Crippen molar-refractivity contribution >= 4 is 18.3 Å². The fraction of sp³-hybridized carbons (Fsp3) is 0.476. The van der Waals surface area contributed by atoms with Gasteiger partial charge in [-0.25, -0.2) is 0 Å². The van der Waals surface area contributed by atoms with Gasteiger partial charge in [0.15, 0.2) is 11.5 Å². The summed E-state index contributed by atoms with van der Waals surface area (Å²) in [6.07, 6.45) is 7.13. The van der Waals surface area contributed by atoms with Gasteiger partial charge in [0, 0.05) is 37.6 Å². The van der Waals surface area contributed by atoms with Crippen LogP contribution in [0.2, 0.25) is 0 Å². The first-order chi connectivity index (χ1) is 13.2. The number of rotatable bonds is 2. The molecule has 0 bridgehead atoms. The molecule has 1 aromatic heterocycles. The molecule has 4 heterocycles. The van der Waals surface area contributed by atoms with Crippen LogP contribution in [0.5, 0.6) is 11.5 Å². The second-order valence-electron chi connectivity index (χ2n) is 7.86. The summed E-state index contributed by atoms with van der Waals surface area (Å²) >= 11 is 0. The highest BCUT2D eigenvalue weighted by Crippen LogP contribution is 2.39. The van der Waals surface area contributed by atoms with Crippen LogP contribution in [-0.2, 0) is 0 Å². The molecular formula is C21H26ClN3O3. The number of likely N-dealkylation sites (tertiary alicyclic amines) is 1. The zero-order valence-electron chi connectivity index (χ0n) is 15.8. The Morgan fingerprint density at radius 1 is 1.04 bits per heavy atom. The number of hydrogen-bond acceptors (Lipinski definition) is 4. The second-order valence-corrected chi connectivity index (χ2v) is 7.86. The van der Waals surface area contributed by atoms with Crippen molar-refractivity contribution in [2.75, 3.05) is 39.4 Å². The molecule has 0 saturated carbocycles. The third-order valence-corrected chi connectivity index (χ3v) is 6.27. The highest BCUT2D eigenvalue weighted by atomic mass is 35.5. The predicted octanol–water partition coefficient (Wildman–Crippen LogP) is 3.09. The highest BCUT2D eigenvalue weighted by Gasteiger charge is 2.38. The van der Waals surface area contributed by atoms with E-state index >= 15 is 0 Å². The number of halogens is 1. The van der Waals surface area contributed by atoms with Gasteiger partial charge in [-0.05, 0) is 48.9 Å². The van der Waals surface area contributed by atoms with E-state index in [0.717, 1.165) is 67.2 Å². The van der Waals surface area contributed by atoms with Crippen LogP contribution < -0.4 is 14.8 Å². The lowest BCUT2D eigenvalue weighted by atomic mass is 9.77. The van der Waals surface area contributed by atoms with E-state index in [2.05, 4.69) is 10.3 Å². The van der Waals surface area contributed by atoms with Crippen molar-refractivity contribution in [1.29, 1.82) is 0 Å². The van der Waals surface area contributed by atoms with E-state index in [1.807, 2.05) is 35.5 Å². The molecule has 150 valence electrons. The highest BCUT2D eigenvalue weighted by molar-refractivity contribution is 6.01. The van der Waals surface area contributed by atoms with E-state index in [0.29, 0.717) is 18.6 Å². The Bertz CT molecular complexity index is 850. The van der Waals surface area contributed by atoms with E-state index in [-0.39, 0.29) is 18.3 Å². The number of piperidine rings is 1. The van der Waals surface area contributed by atoms with Gasteiger partial charge in [-0.3, -0.25) is 4.79 Å². The first kappa shape index (κ1) is 19.2. The van der Waals surface area contributed by atoms with Crippen LogP contribution >= 0.6 is 12.4 Å². The van der Waals surface area contributed by atoms with Crippen molar-refractivity contribution in [3.8, 4) is 22.6 Å². The van der Waals surface area contributed by atoms with Gasteiger partial charge in [-0.15, -0.1) is 12.4 Å². The van der Waals surface area contributed by atoms with Crippen molar-refractivity contribution in [3.05, 3.63) is 36.2 Å². The Hall–Kier alpha value is -2.18. The van der Waals surface area contributed by atoms with E-state index in [4.69, 9.17) is 9.47 Å². The van der Waals surface area contributed by atoms with Gasteiger partial charge in [0.25, 0.3) is 5.91 Å². The van der Waals surface area contributed by atoms with Gasteiger partial charge in [0.2, 0.25) is 0 Å². The SMILES string of the molecule is Cl.O=C(c1c[nH]cc1-c1ccc2c(c1)OCCO2)N1CCC2(CCNC2)CC1. The van der Waals surface area contributed by atoms with Gasteiger partial charge in [-0.1, -0.05) is 6.07 Å². The van der Waals surface area contributed by atoms with Crippen LogP contribution in [-0.4, -0.2) is 55.2 Å². The zero-order chi connectivity index (χ0) is 18.3. The topological polar surface area (TPSA) is 66.6 Å². The Balaban J connectivity index is 0.00000192. The quantitative estimate of drug-likeness (QED) is 0.808. The minimum atomic E-state index is 0. The summed E-state index contributed by atoms with van der Waals surface area (Å²) in [4.78, 5) is 18.3. The number of amides is 1. The molecule has 0 radical (unpaired) electrons. The first-order valence-corrected chi connectivity index (χ1v) is 9.81. The Morgan fingerprint density at radius 2 is 1.82 bits per heavy atom. The normalized spacial score (nSPS) is 20.1. The van der Waals surface area contributed by atoms with Crippen molar-refractivity contribution in [2.24, 2.45) is 5.41 Å². The number of nitrogens with zero attached hydrogens (tertiary/aromatic N) is 1. The number of aromatic nitrogens is 1. The molecule has 0 unspecified atom stereocenters. The molecule has 2 N–H and O–H groups in total. The number of ether oxygens (including phenoxy) is 2. The smallest absolute Gasteiger partial charge is 0.256 e. The van der Waals surface area contributed by atoms with Crippen LogP contribution in [0.4, 0.5) is 0 Å². The van der Waals surface area contributed by atoms with Crippen LogP contribution in [0, 0.1) is 5.41 Å². The number of carbonyl (C=O) groups is 1. The van der Waals surface area contributed by atoms with Crippen molar-refractivity contribution in [3.63, 3.8) is 0 Å². The monoisotopic (exact) mass is 403 g/mol. The van der Waals surface area contributed by atoms with E-state index in [9.17, 15) is 4.79 Å². The average Bonchev–Trinajstić information content (AvgIpc) is 3.38. The molecule has 0 atom stereocenters. The van der Waals surface area contributed by atoms with E-state index < -0.39 is 0 Å². The lowest BCUT2D eigenvalue weighted by molar-refractivity contribution is 0.0608. The molecule has 5 rings (SSSR count). The standard InChI is InChI=1S/C21H25N3O3.ClH/c25-20(24-7-4-21(5-8-24)3-6-22-14-21)17-13-23-12-16(17)15-1-2-18-19(11-15)27-10-9-26-18;/h1-2,11-13,22-23H,3-10,14H2;1H. The second kappa shape index (κ2) is 7.68. The lowest BCUT2D eigenvalue weighted by Gasteiger charge is -2.38. The average molecular weight is 404 g/mol. The first-order valence-electron chi connectivity index (χ1n) is 9.81. The van der Waals surface area contributed by atoms with Crippen LogP contribution in [0.3, 0.4) is 0 Å². The maximum Gasteiger partial charge on any atom is 0.256 e. The number of nitrogens with one attached hydrogen (secondary N) is 2. The summed E-state index contributed by atoms with van der Waals surface area (Å²) in [5, 5.41) is 3.48. The molecule has 3 aliphatic rings. The molecule has 1 spiro atoms. The molecule has 1 amide bonds. The summed E-state index contributed by atoms with van der Waals surface area (Å²) in [6.45, 7) is 5.02.